The Morgan fingerprint density at radius 3 is 2.65 bits per heavy atom. The third-order valence-corrected chi connectivity index (χ3v) is 3.13. The Bertz CT molecular complexity index is 393. The van der Waals surface area contributed by atoms with Crippen molar-refractivity contribution in [3.05, 3.63) is 48.6 Å². The summed E-state index contributed by atoms with van der Waals surface area (Å²) in [6.45, 7) is 5.17. The summed E-state index contributed by atoms with van der Waals surface area (Å²) in [5, 5.41) is 0. The van der Waals surface area contributed by atoms with Crippen molar-refractivity contribution in [3.8, 4) is 0 Å². The molecular formula is C14H16O3. The predicted molar refractivity (Wildman–Crippen MR) is 64.7 cm³/mol. The average molecular weight is 232 g/mol. The van der Waals surface area contributed by atoms with Crippen molar-refractivity contribution in [3.63, 3.8) is 0 Å². The van der Waals surface area contributed by atoms with Crippen LogP contribution < -0.4 is 0 Å². The third-order valence-electron chi connectivity index (χ3n) is 3.13. The average Bonchev–Trinajstić information content (AvgIpc) is 2.33. The highest BCUT2D eigenvalue weighted by molar-refractivity contribution is 5.81. The van der Waals surface area contributed by atoms with Gasteiger partial charge in [-0.15, -0.1) is 0 Å². The maximum Gasteiger partial charge on any atom is 0.330 e. The van der Waals surface area contributed by atoms with E-state index in [2.05, 4.69) is 18.7 Å². The Labute approximate surface area is 101 Å². The van der Waals surface area contributed by atoms with E-state index in [0.717, 1.165) is 6.42 Å². The third kappa shape index (κ3) is 2.56. The second-order valence-corrected chi connectivity index (χ2v) is 4.26. The molecule has 3 heteroatoms. The lowest BCUT2D eigenvalue weighted by molar-refractivity contribution is -0.140. The van der Waals surface area contributed by atoms with Gasteiger partial charge in [0.1, 0.15) is 0 Å². The van der Waals surface area contributed by atoms with Crippen LogP contribution in [0.4, 0.5) is 0 Å². The highest BCUT2D eigenvalue weighted by Gasteiger charge is 2.39. The molecule has 0 atom stereocenters. The SMILES string of the molecule is C=CC(=O)OCCC1(c2ccccc2)COC1. The number of carbonyl (C=O) groups is 1. The molecule has 1 aromatic rings. The minimum absolute atomic E-state index is 0.0166. The largest absolute Gasteiger partial charge is 0.463 e. The van der Waals surface area contributed by atoms with Crippen LogP contribution in [0.15, 0.2) is 43.0 Å². The van der Waals surface area contributed by atoms with E-state index in [4.69, 9.17) is 9.47 Å². The van der Waals surface area contributed by atoms with E-state index in [1.165, 1.54) is 11.6 Å². The zero-order valence-electron chi connectivity index (χ0n) is 9.72. The Kier molecular flexibility index (Phi) is 3.59. The molecule has 0 unspecified atom stereocenters. The van der Waals surface area contributed by atoms with E-state index < -0.39 is 0 Å². The second kappa shape index (κ2) is 5.15. The topological polar surface area (TPSA) is 35.5 Å². The van der Waals surface area contributed by atoms with E-state index in [-0.39, 0.29) is 11.4 Å². The van der Waals surface area contributed by atoms with Crippen molar-refractivity contribution in [1.82, 2.24) is 0 Å². The number of hydrogen-bond acceptors (Lipinski definition) is 3. The molecule has 1 saturated heterocycles. The number of esters is 1. The van der Waals surface area contributed by atoms with E-state index in [0.29, 0.717) is 19.8 Å². The molecule has 17 heavy (non-hydrogen) atoms. The fraction of sp³-hybridized carbons (Fsp3) is 0.357. The lowest BCUT2D eigenvalue weighted by Gasteiger charge is -2.41. The first kappa shape index (κ1) is 11.9. The molecule has 1 aliphatic heterocycles. The quantitative estimate of drug-likeness (QED) is 0.576. The molecule has 2 rings (SSSR count). The highest BCUT2D eigenvalue weighted by atomic mass is 16.5. The molecule has 1 fully saturated rings. The molecule has 1 aromatic carbocycles. The number of ether oxygens (including phenoxy) is 2. The lowest BCUT2D eigenvalue weighted by atomic mass is 9.76. The molecule has 0 aliphatic carbocycles. The van der Waals surface area contributed by atoms with Gasteiger partial charge in [-0.25, -0.2) is 4.79 Å². The summed E-state index contributed by atoms with van der Waals surface area (Å²) in [7, 11) is 0. The first-order valence-corrected chi connectivity index (χ1v) is 5.69. The van der Waals surface area contributed by atoms with Gasteiger partial charge in [0, 0.05) is 11.5 Å². The highest BCUT2D eigenvalue weighted by Crippen LogP contribution is 2.35. The van der Waals surface area contributed by atoms with Gasteiger partial charge in [0.25, 0.3) is 0 Å². The minimum Gasteiger partial charge on any atom is -0.463 e. The fourth-order valence-electron chi connectivity index (χ4n) is 2.00. The molecule has 3 nitrogen and oxygen atoms in total. The summed E-state index contributed by atoms with van der Waals surface area (Å²) >= 11 is 0. The zero-order valence-corrected chi connectivity index (χ0v) is 9.72. The number of hydrogen-bond donors (Lipinski definition) is 0. The molecular weight excluding hydrogens is 216 g/mol. The van der Waals surface area contributed by atoms with E-state index >= 15 is 0 Å². The Morgan fingerprint density at radius 2 is 2.12 bits per heavy atom. The first-order chi connectivity index (χ1) is 8.27. The number of carbonyl (C=O) groups excluding carboxylic acids is 1. The summed E-state index contributed by atoms with van der Waals surface area (Å²) < 4.78 is 10.3. The summed E-state index contributed by atoms with van der Waals surface area (Å²) in [4.78, 5) is 11.0. The predicted octanol–water partition coefficient (Wildman–Crippen LogP) is 2.07. The monoisotopic (exact) mass is 232 g/mol. The van der Waals surface area contributed by atoms with E-state index in [1.54, 1.807) is 0 Å². The van der Waals surface area contributed by atoms with Gasteiger partial charge in [-0.2, -0.15) is 0 Å². The van der Waals surface area contributed by atoms with Crippen molar-refractivity contribution < 1.29 is 14.3 Å². The molecule has 0 N–H and O–H groups in total. The summed E-state index contributed by atoms with van der Waals surface area (Å²) in [5.74, 6) is -0.367. The molecule has 1 heterocycles. The first-order valence-electron chi connectivity index (χ1n) is 5.69. The van der Waals surface area contributed by atoms with Crippen molar-refractivity contribution in [2.24, 2.45) is 0 Å². The van der Waals surface area contributed by atoms with Gasteiger partial charge in [0.15, 0.2) is 0 Å². The van der Waals surface area contributed by atoms with Gasteiger partial charge >= 0.3 is 5.97 Å². The van der Waals surface area contributed by atoms with Crippen molar-refractivity contribution >= 4 is 5.97 Å². The van der Waals surface area contributed by atoms with E-state index in [1.807, 2.05) is 18.2 Å². The van der Waals surface area contributed by atoms with Gasteiger partial charge < -0.3 is 9.47 Å². The fourth-order valence-corrected chi connectivity index (χ4v) is 2.00. The van der Waals surface area contributed by atoms with Gasteiger partial charge in [0.05, 0.1) is 19.8 Å². The summed E-state index contributed by atoms with van der Waals surface area (Å²) in [6, 6.07) is 10.2. The second-order valence-electron chi connectivity index (χ2n) is 4.26. The molecule has 1 aliphatic rings. The zero-order chi connectivity index (χ0) is 12.1. The van der Waals surface area contributed by atoms with Crippen LogP contribution in [-0.2, 0) is 19.7 Å². The molecule has 0 amide bonds. The van der Waals surface area contributed by atoms with Crippen LogP contribution in [0.5, 0.6) is 0 Å². The molecule has 0 spiro atoms. The van der Waals surface area contributed by atoms with Crippen molar-refractivity contribution in [2.45, 2.75) is 11.8 Å². The summed E-state index contributed by atoms with van der Waals surface area (Å²) in [6.07, 6.45) is 1.98. The molecule has 0 radical (unpaired) electrons. The van der Waals surface area contributed by atoms with Crippen LogP contribution in [0.25, 0.3) is 0 Å². The van der Waals surface area contributed by atoms with Crippen LogP contribution in [0.3, 0.4) is 0 Å². The van der Waals surface area contributed by atoms with E-state index in [9.17, 15) is 4.79 Å². The normalized spacial score (nSPS) is 16.9. The van der Waals surface area contributed by atoms with Gasteiger partial charge in [0.2, 0.25) is 0 Å². The molecule has 90 valence electrons. The van der Waals surface area contributed by atoms with Crippen LogP contribution in [0, 0.1) is 0 Å². The standard InChI is InChI=1S/C14H16O3/c1-2-13(15)17-9-8-14(10-16-11-14)12-6-4-3-5-7-12/h2-7H,1,8-11H2. The van der Waals surface area contributed by atoms with Crippen LogP contribution >= 0.6 is 0 Å². The van der Waals surface area contributed by atoms with Crippen molar-refractivity contribution in [2.75, 3.05) is 19.8 Å². The Balaban J connectivity index is 1.96. The Morgan fingerprint density at radius 1 is 1.41 bits per heavy atom. The molecule has 0 aromatic heterocycles. The van der Waals surface area contributed by atoms with Gasteiger partial charge in [-0.1, -0.05) is 36.9 Å². The number of rotatable bonds is 5. The Hall–Kier alpha value is -1.61. The minimum atomic E-state index is -0.367. The van der Waals surface area contributed by atoms with Gasteiger partial charge in [-0.3, -0.25) is 0 Å². The lowest BCUT2D eigenvalue weighted by Crippen LogP contribution is -2.47. The van der Waals surface area contributed by atoms with Crippen molar-refractivity contribution in [1.29, 1.82) is 0 Å². The maximum absolute atomic E-state index is 11.0. The molecule has 0 bridgehead atoms. The maximum atomic E-state index is 11.0. The molecule has 0 saturated carbocycles. The van der Waals surface area contributed by atoms with Crippen LogP contribution in [-0.4, -0.2) is 25.8 Å². The van der Waals surface area contributed by atoms with Crippen LogP contribution in [0.1, 0.15) is 12.0 Å². The smallest absolute Gasteiger partial charge is 0.330 e. The van der Waals surface area contributed by atoms with Crippen LogP contribution in [0.2, 0.25) is 0 Å². The number of benzene rings is 1. The summed E-state index contributed by atoms with van der Waals surface area (Å²) in [5.41, 5.74) is 1.27. The van der Waals surface area contributed by atoms with Gasteiger partial charge in [-0.05, 0) is 12.0 Å².